The first-order valence-electron chi connectivity index (χ1n) is 5.10. The quantitative estimate of drug-likeness (QED) is 0.629. The van der Waals surface area contributed by atoms with E-state index < -0.39 is 12.7 Å². The van der Waals surface area contributed by atoms with Crippen LogP contribution in [0.25, 0.3) is 5.69 Å². The molecule has 3 N–H and O–H groups in total. The van der Waals surface area contributed by atoms with E-state index in [0.717, 1.165) is 0 Å². The van der Waals surface area contributed by atoms with Crippen LogP contribution in [0.15, 0.2) is 17.8 Å². The number of aliphatic hydroxyl groups is 2. The summed E-state index contributed by atoms with van der Waals surface area (Å²) in [7, 11) is 0. The lowest BCUT2D eigenvalue weighted by atomic mass is 10.3. The number of nitrogens with one attached hydrogen (secondary N) is 1. The van der Waals surface area contributed by atoms with Crippen molar-refractivity contribution in [3.05, 3.63) is 22.7 Å². The molecule has 0 radical (unpaired) electrons. The third-order valence-corrected chi connectivity index (χ3v) is 3.06. The van der Waals surface area contributed by atoms with Crippen LogP contribution in [0, 0.1) is 0 Å². The van der Waals surface area contributed by atoms with Gasteiger partial charge < -0.3 is 15.5 Å². The van der Waals surface area contributed by atoms with E-state index in [0.29, 0.717) is 10.6 Å². The number of carbonyl (C=O) groups is 1. The maximum Gasteiger partial charge on any atom is 0.263 e. The molecule has 9 heteroatoms. The number of amides is 1. The number of aliphatic hydroxyl groups excluding tert-OH is 2. The van der Waals surface area contributed by atoms with Crippen LogP contribution in [0.4, 0.5) is 0 Å². The number of hydrogen-bond acceptors (Lipinski definition) is 7. The van der Waals surface area contributed by atoms with Crippen LogP contribution in [-0.4, -0.2) is 55.6 Å². The van der Waals surface area contributed by atoms with Crippen LogP contribution in [0.2, 0.25) is 0 Å². The molecule has 0 bridgehead atoms. The Morgan fingerprint density at radius 3 is 3.11 bits per heavy atom. The fourth-order valence-electron chi connectivity index (χ4n) is 1.28. The molecule has 2 aromatic rings. The average Bonchev–Trinajstić information content (AvgIpc) is 3.04. The Labute approximate surface area is 106 Å². The van der Waals surface area contributed by atoms with Crippen molar-refractivity contribution in [3.8, 4) is 5.69 Å². The SMILES string of the molecule is O=C(NCC(O)CO)c1sccc1-n1cnnn1. The molecule has 96 valence electrons. The Balaban J connectivity index is 2.10. The zero-order chi connectivity index (χ0) is 13.0. The van der Waals surface area contributed by atoms with E-state index in [-0.39, 0.29) is 12.5 Å². The van der Waals surface area contributed by atoms with E-state index in [2.05, 4.69) is 20.8 Å². The number of tetrazole rings is 1. The highest BCUT2D eigenvalue weighted by Crippen LogP contribution is 2.19. The van der Waals surface area contributed by atoms with Crippen LogP contribution in [0.1, 0.15) is 9.67 Å². The fourth-order valence-corrected chi connectivity index (χ4v) is 2.07. The minimum Gasteiger partial charge on any atom is -0.394 e. The zero-order valence-corrected chi connectivity index (χ0v) is 10.0. The number of hydrogen-bond donors (Lipinski definition) is 3. The van der Waals surface area contributed by atoms with Gasteiger partial charge in [-0.15, -0.1) is 16.4 Å². The molecule has 0 aliphatic carbocycles. The van der Waals surface area contributed by atoms with Crippen LogP contribution in [0.5, 0.6) is 0 Å². The molecule has 0 aliphatic rings. The van der Waals surface area contributed by atoms with Gasteiger partial charge in [-0.2, -0.15) is 4.68 Å². The summed E-state index contributed by atoms with van der Waals surface area (Å²) in [6.45, 7) is -0.410. The Morgan fingerprint density at radius 2 is 2.44 bits per heavy atom. The lowest BCUT2D eigenvalue weighted by molar-refractivity contribution is 0.0804. The molecule has 2 rings (SSSR count). The van der Waals surface area contributed by atoms with Gasteiger partial charge >= 0.3 is 0 Å². The zero-order valence-electron chi connectivity index (χ0n) is 9.22. The number of aromatic nitrogens is 4. The van der Waals surface area contributed by atoms with E-state index in [1.54, 1.807) is 11.4 Å². The highest BCUT2D eigenvalue weighted by molar-refractivity contribution is 7.12. The van der Waals surface area contributed by atoms with Crippen LogP contribution >= 0.6 is 11.3 Å². The topological polar surface area (TPSA) is 113 Å². The third kappa shape index (κ3) is 2.70. The predicted molar refractivity (Wildman–Crippen MR) is 62.5 cm³/mol. The van der Waals surface area contributed by atoms with Gasteiger partial charge in [-0.1, -0.05) is 0 Å². The first-order valence-corrected chi connectivity index (χ1v) is 5.98. The monoisotopic (exact) mass is 269 g/mol. The largest absolute Gasteiger partial charge is 0.394 e. The van der Waals surface area contributed by atoms with Crippen LogP contribution < -0.4 is 5.32 Å². The Morgan fingerprint density at radius 1 is 1.61 bits per heavy atom. The van der Waals surface area contributed by atoms with Crippen molar-refractivity contribution in [1.29, 1.82) is 0 Å². The van der Waals surface area contributed by atoms with E-state index in [9.17, 15) is 4.79 Å². The minimum absolute atomic E-state index is 0.0116. The van der Waals surface area contributed by atoms with Crippen molar-refractivity contribution in [3.63, 3.8) is 0 Å². The smallest absolute Gasteiger partial charge is 0.263 e. The Kier molecular flexibility index (Phi) is 3.97. The summed E-state index contributed by atoms with van der Waals surface area (Å²) in [5, 5.41) is 32.8. The minimum atomic E-state index is -0.967. The Hall–Kier alpha value is -1.84. The van der Waals surface area contributed by atoms with Gasteiger partial charge in [0.15, 0.2) is 0 Å². The van der Waals surface area contributed by atoms with E-state index in [4.69, 9.17) is 10.2 Å². The summed E-state index contributed by atoms with van der Waals surface area (Å²) in [6, 6.07) is 1.72. The van der Waals surface area contributed by atoms with Gasteiger partial charge in [-0.05, 0) is 21.9 Å². The predicted octanol–water partition coefficient (Wildman–Crippen LogP) is -1.19. The highest BCUT2D eigenvalue weighted by atomic mass is 32.1. The molecule has 0 aromatic carbocycles. The number of rotatable bonds is 5. The number of carbonyl (C=O) groups excluding carboxylic acids is 1. The van der Waals surface area contributed by atoms with Gasteiger partial charge in [-0.3, -0.25) is 4.79 Å². The maximum absolute atomic E-state index is 11.9. The Bertz CT molecular complexity index is 512. The number of thiophene rings is 1. The second-order valence-electron chi connectivity index (χ2n) is 3.44. The molecule has 1 amide bonds. The lowest BCUT2D eigenvalue weighted by Crippen LogP contribution is -2.33. The molecule has 2 aromatic heterocycles. The first kappa shape index (κ1) is 12.6. The van der Waals surface area contributed by atoms with Gasteiger partial charge in [0.1, 0.15) is 11.2 Å². The molecule has 0 spiro atoms. The summed E-state index contributed by atoms with van der Waals surface area (Å²) < 4.78 is 1.38. The molecule has 1 atom stereocenters. The summed E-state index contributed by atoms with van der Waals surface area (Å²) >= 11 is 1.24. The van der Waals surface area contributed by atoms with Crippen molar-refractivity contribution in [2.75, 3.05) is 13.2 Å². The highest BCUT2D eigenvalue weighted by Gasteiger charge is 2.16. The first-order chi connectivity index (χ1) is 8.72. The molecule has 2 heterocycles. The second-order valence-corrected chi connectivity index (χ2v) is 4.35. The summed E-state index contributed by atoms with van der Waals surface area (Å²) in [5.41, 5.74) is 0.570. The molecule has 0 aliphatic heterocycles. The molecular formula is C9H11N5O3S. The standard InChI is InChI=1S/C9H11N5O3S/c15-4-6(16)3-10-9(17)8-7(1-2-18-8)14-5-11-12-13-14/h1-2,5-6,15-16H,3-4H2,(H,10,17). The molecule has 18 heavy (non-hydrogen) atoms. The van der Waals surface area contributed by atoms with Gasteiger partial charge in [0.2, 0.25) is 0 Å². The molecule has 0 fully saturated rings. The lowest BCUT2D eigenvalue weighted by Gasteiger charge is -2.08. The number of nitrogens with zero attached hydrogens (tertiary/aromatic N) is 4. The molecular weight excluding hydrogens is 258 g/mol. The van der Waals surface area contributed by atoms with Crippen LogP contribution in [-0.2, 0) is 0 Å². The molecule has 0 saturated heterocycles. The van der Waals surface area contributed by atoms with Crippen LogP contribution in [0.3, 0.4) is 0 Å². The summed E-state index contributed by atoms with van der Waals surface area (Å²) in [4.78, 5) is 12.3. The van der Waals surface area contributed by atoms with E-state index in [1.165, 1.54) is 22.3 Å². The molecule has 8 nitrogen and oxygen atoms in total. The third-order valence-electron chi connectivity index (χ3n) is 2.16. The van der Waals surface area contributed by atoms with Crippen molar-refractivity contribution < 1.29 is 15.0 Å². The normalized spacial score (nSPS) is 12.3. The van der Waals surface area contributed by atoms with Crippen molar-refractivity contribution in [2.45, 2.75) is 6.10 Å². The van der Waals surface area contributed by atoms with Crippen molar-refractivity contribution >= 4 is 17.2 Å². The van der Waals surface area contributed by atoms with Crippen molar-refractivity contribution in [1.82, 2.24) is 25.5 Å². The van der Waals surface area contributed by atoms with Gasteiger partial charge in [0.25, 0.3) is 5.91 Å². The van der Waals surface area contributed by atoms with Crippen molar-refractivity contribution in [2.24, 2.45) is 0 Å². The second kappa shape index (κ2) is 5.67. The van der Waals surface area contributed by atoms with E-state index >= 15 is 0 Å². The summed E-state index contributed by atoms with van der Waals surface area (Å²) in [6.07, 6.45) is 0.423. The van der Waals surface area contributed by atoms with Gasteiger partial charge in [-0.25, -0.2) is 0 Å². The fraction of sp³-hybridized carbons (Fsp3) is 0.333. The maximum atomic E-state index is 11.9. The van der Waals surface area contributed by atoms with E-state index in [1.807, 2.05) is 0 Å². The van der Waals surface area contributed by atoms with Gasteiger partial charge in [0, 0.05) is 6.54 Å². The summed E-state index contributed by atoms with van der Waals surface area (Å²) in [5.74, 6) is -0.344. The molecule has 0 saturated carbocycles. The van der Waals surface area contributed by atoms with Gasteiger partial charge in [0.05, 0.1) is 18.4 Å². The average molecular weight is 269 g/mol. The molecule has 1 unspecified atom stereocenters.